The van der Waals surface area contributed by atoms with Crippen molar-refractivity contribution in [3.8, 4) is 34.5 Å². The zero-order valence-corrected chi connectivity index (χ0v) is 38.3. The first-order chi connectivity index (χ1) is 31.5. The second-order valence-corrected chi connectivity index (χ2v) is 17.7. The minimum absolute atomic E-state index is 0.0181. The first-order valence-corrected chi connectivity index (χ1v) is 21.9. The van der Waals surface area contributed by atoms with E-state index < -0.39 is 24.0 Å². The zero-order valence-electron chi connectivity index (χ0n) is 38.3. The summed E-state index contributed by atoms with van der Waals surface area (Å²) in [6.07, 6.45) is 0.642. The number of carbonyl (C=O) groups excluding carboxylic acids is 2. The first-order valence-electron chi connectivity index (χ1n) is 21.9. The number of hydrogen-bond donors (Lipinski definition) is 6. The molecule has 6 N–H and O–H groups in total. The third-order valence-corrected chi connectivity index (χ3v) is 12.5. The van der Waals surface area contributed by atoms with Crippen molar-refractivity contribution in [2.75, 3.05) is 14.2 Å². The fourth-order valence-corrected chi connectivity index (χ4v) is 9.30. The van der Waals surface area contributed by atoms with Crippen molar-refractivity contribution >= 4 is 11.9 Å². The number of phenols is 6. The summed E-state index contributed by atoms with van der Waals surface area (Å²) in [5.41, 5.74) is 9.03. The molecule has 0 aliphatic carbocycles. The van der Waals surface area contributed by atoms with Crippen molar-refractivity contribution in [1.29, 1.82) is 0 Å². The number of benzene rings is 6. The van der Waals surface area contributed by atoms with E-state index in [0.717, 1.165) is 33.4 Å². The quantitative estimate of drug-likeness (QED) is 0.0808. The van der Waals surface area contributed by atoms with Crippen molar-refractivity contribution in [2.45, 2.75) is 91.6 Å². The average Bonchev–Trinajstić information content (AvgIpc) is 3.28. The van der Waals surface area contributed by atoms with E-state index in [1.807, 2.05) is 86.0 Å². The Morgan fingerprint density at radius 2 is 0.682 bits per heavy atom. The number of hydrogen-bond acceptors (Lipinski definition) is 12. The molecule has 1 aliphatic rings. The Labute approximate surface area is 385 Å². The van der Waals surface area contributed by atoms with Crippen LogP contribution >= 0.6 is 0 Å². The Morgan fingerprint density at radius 1 is 0.439 bits per heavy atom. The highest BCUT2D eigenvalue weighted by molar-refractivity contribution is 5.77. The molecule has 344 valence electrons. The molecule has 0 radical (unpaired) electrons. The number of methoxy groups -OCH3 is 2. The molecule has 0 unspecified atom stereocenters. The molecule has 1 aliphatic heterocycles. The van der Waals surface area contributed by atoms with Gasteiger partial charge in [0.15, 0.2) is 0 Å². The zero-order chi connectivity index (χ0) is 47.4. The van der Waals surface area contributed by atoms with E-state index in [1.165, 1.54) is 14.2 Å². The van der Waals surface area contributed by atoms with Gasteiger partial charge in [0.2, 0.25) is 0 Å². The van der Waals surface area contributed by atoms with Gasteiger partial charge in [-0.25, -0.2) is 0 Å². The van der Waals surface area contributed by atoms with Crippen LogP contribution in [0.15, 0.2) is 97.1 Å². The highest BCUT2D eigenvalue weighted by Gasteiger charge is 2.32. The molecule has 12 nitrogen and oxygen atoms in total. The third-order valence-electron chi connectivity index (χ3n) is 12.5. The molecule has 0 amide bonds. The van der Waals surface area contributed by atoms with Crippen molar-refractivity contribution in [2.24, 2.45) is 0 Å². The lowest BCUT2D eigenvalue weighted by molar-refractivity contribution is -0.148. The summed E-state index contributed by atoms with van der Waals surface area (Å²) in [7, 11) is 2.64. The SMILES string of the molecule is COC(=O)[C@@H](Cc1ccc(O)cc1)N1Cc2cc(C)cc(c2O)Cc2cc(C)cc(c2O)CN([C@H](Cc2ccc(O)cc2)C(=O)OC)Cc2cc(C)cc(c2O)Cc2cc(C)cc(c2O)C1. The number of nitrogens with zero attached hydrogens (tertiary/aromatic N) is 2. The van der Waals surface area contributed by atoms with E-state index in [4.69, 9.17) is 9.47 Å². The fourth-order valence-electron chi connectivity index (χ4n) is 9.30. The van der Waals surface area contributed by atoms with Crippen LogP contribution in [0, 0.1) is 27.7 Å². The summed E-state index contributed by atoms with van der Waals surface area (Å²) in [5.74, 6) is -0.969. The second kappa shape index (κ2) is 20.0. The lowest BCUT2D eigenvalue weighted by Crippen LogP contribution is -2.42. The van der Waals surface area contributed by atoms with E-state index in [0.29, 0.717) is 44.5 Å². The minimum atomic E-state index is -0.901. The summed E-state index contributed by atoms with van der Waals surface area (Å²) >= 11 is 0. The number of esters is 2. The molecule has 0 aromatic heterocycles. The molecule has 6 aromatic carbocycles. The summed E-state index contributed by atoms with van der Waals surface area (Å²) in [5, 5.41) is 68.7. The Bertz CT molecular complexity index is 2440. The summed E-state index contributed by atoms with van der Waals surface area (Å²) in [4.78, 5) is 31.4. The van der Waals surface area contributed by atoms with Crippen LogP contribution in [0.4, 0.5) is 0 Å². The molecule has 66 heavy (non-hydrogen) atoms. The van der Waals surface area contributed by atoms with Crippen LogP contribution in [-0.4, -0.2) is 78.7 Å². The van der Waals surface area contributed by atoms with Crippen LogP contribution in [0.3, 0.4) is 0 Å². The first kappa shape index (κ1) is 47.0. The minimum Gasteiger partial charge on any atom is -0.508 e. The van der Waals surface area contributed by atoms with Crippen molar-refractivity contribution in [3.63, 3.8) is 0 Å². The van der Waals surface area contributed by atoms with Gasteiger partial charge in [-0.05, 0) is 98.2 Å². The molecule has 6 aromatic rings. The standard InChI is InChI=1S/C54H58N2O10/c1-31-15-37-25-38-16-32(2)20-43(50(38)60)29-56(48(54(64)66-6)24-36-9-13-46(58)14-10-36)30-44-22-34(4)18-40(52(44)62)26-39-17-33(3)21-42(51(39)61)28-55(27-41(19-31)49(37)59)47(53(63)65-5)23-35-7-11-45(57)12-8-35/h7-22,47-48,57-62H,23-30H2,1-6H3/t47-,48-/m1/s1. The molecule has 0 fully saturated rings. The lowest BCUT2D eigenvalue weighted by Gasteiger charge is -2.32. The molecular formula is C54H58N2O10. The number of phenolic OH excluding ortho intramolecular Hbond substituents is 6. The normalized spacial score (nSPS) is 14.5. The maximum Gasteiger partial charge on any atom is 0.323 e. The van der Waals surface area contributed by atoms with Gasteiger partial charge in [0.25, 0.3) is 0 Å². The number of carbonyl (C=O) groups is 2. The van der Waals surface area contributed by atoms with Crippen LogP contribution in [0.5, 0.6) is 34.5 Å². The van der Waals surface area contributed by atoms with Gasteiger partial charge in [-0.15, -0.1) is 0 Å². The molecule has 8 bridgehead atoms. The largest absolute Gasteiger partial charge is 0.508 e. The molecular weight excluding hydrogens is 837 g/mol. The van der Waals surface area contributed by atoms with Gasteiger partial charge in [0.05, 0.1) is 14.2 Å². The Morgan fingerprint density at radius 3 is 0.924 bits per heavy atom. The van der Waals surface area contributed by atoms with Crippen LogP contribution in [0.2, 0.25) is 0 Å². The van der Waals surface area contributed by atoms with Crippen molar-refractivity contribution in [1.82, 2.24) is 9.80 Å². The second-order valence-electron chi connectivity index (χ2n) is 17.7. The number of aromatic hydroxyl groups is 6. The number of aryl methyl sites for hydroxylation is 4. The Balaban J connectivity index is 1.43. The van der Waals surface area contributed by atoms with Crippen LogP contribution in [-0.2, 0) is 70.9 Å². The molecule has 2 atom stereocenters. The molecule has 7 rings (SSSR count). The van der Waals surface area contributed by atoms with Gasteiger partial charge in [-0.1, -0.05) is 95.1 Å². The molecule has 0 saturated carbocycles. The maximum atomic E-state index is 13.9. The van der Waals surface area contributed by atoms with E-state index in [1.54, 1.807) is 48.5 Å². The van der Waals surface area contributed by atoms with Crippen LogP contribution in [0.25, 0.3) is 0 Å². The Kier molecular flexibility index (Phi) is 14.2. The predicted octanol–water partition coefficient (Wildman–Crippen LogP) is 8.22. The Hall–Kier alpha value is -7.02. The van der Waals surface area contributed by atoms with Crippen LogP contribution in [0.1, 0.15) is 77.9 Å². The number of rotatable bonds is 8. The molecule has 1 heterocycles. The van der Waals surface area contributed by atoms with Gasteiger partial charge in [-0.2, -0.15) is 0 Å². The van der Waals surface area contributed by atoms with E-state index in [-0.39, 0.29) is 86.4 Å². The highest BCUT2D eigenvalue weighted by atomic mass is 16.5. The predicted molar refractivity (Wildman–Crippen MR) is 251 cm³/mol. The third kappa shape index (κ3) is 10.7. The fraction of sp³-hybridized carbons (Fsp3) is 0.296. The van der Waals surface area contributed by atoms with Crippen LogP contribution < -0.4 is 0 Å². The lowest BCUT2D eigenvalue weighted by atomic mass is 9.93. The smallest absolute Gasteiger partial charge is 0.323 e. The summed E-state index contributed by atoms with van der Waals surface area (Å²) in [6, 6.07) is 26.2. The van der Waals surface area contributed by atoms with Gasteiger partial charge in [0.1, 0.15) is 46.6 Å². The summed E-state index contributed by atoms with van der Waals surface area (Å²) in [6.45, 7) is 7.86. The van der Waals surface area contributed by atoms with Crippen molar-refractivity contribution < 1.29 is 49.7 Å². The summed E-state index contributed by atoms with van der Waals surface area (Å²) < 4.78 is 10.8. The van der Waals surface area contributed by atoms with E-state index in [2.05, 4.69) is 0 Å². The van der Waals surface area contributed by atoms with E-state index in [9.17, 15) is 40.2 Å². The molecule has 12 heteroatoms. The van der Waals surface area contributed by atoms with Gasteiger partial charge >= 0.3 is 11.9 Å². The van der Waals surface area contributed by atoms with Gasteiger partial charge < -0.3 is 40.1 Å². The molecule has 0 saturated heterocycles. The topological polar surface area (TPSA) is 180 Å². The number of ether oxygens (including phenoxy) is 2. The van der Waals surface area contributed by atoms with Gasteiger partial charge in [0, 0.05) is 61.3 Å². The highest BCUT2D eigenvalue weighted by Crippen LogP contribution is 2.38. The maximum absolute atomic E-state index is 13.9. The van der Waals surface area contributed by atoms with Crippen molar-refractivity contribution in [3.05, 3.63) is 175 Å². The number of fused-ring (bicyclic) bond motifs is 8. The van der Waals surface area contributed by atoms with Gasteiger partial charge in [-0.3, -0.25) is 19.4 Å². The average molecular weight is 895 g/mol. The van der Waals surface area contributed by atoms with E-state index >= 15 is 0 Å². The molecule has 0 spiro atoms. The monoisotopic (exact) mass is 894 g/mol.